The van der Waals surface area contributed by atoms with Crippen LogP contribution in [0.3, 0.4) is 0 Å². The van der Waals surface area contributed by atoms with Crippen molar-refractivity contribution in [3.63, 3.8) is 0 Å². The number of carbonyl (C=O) groups excluding carboxylic acids is 1. The number of ether oxygens (including phenoxy) is 1. The Morgan fingerprint density at radius 3 is 1.52 bits per heavy atom. The molecule has 5 nitrogen and oxygen atoms in total. The van der Waals surface area contributed by atoms with E-state index in [-0.39, 0.29) is 29.2 Å². The summed E-state index contributed by atoms with van der Waals surface area (Å²) >= 11 is 0. The summed E-state index contributed by atoms with van der Waals surface area (Å²) in [6, 6.07) is 30.7. The van der Waals surface area contributed by atoms with Crippen LogP contribution in [0, 0.1) is 0 Å². The van der Waals surface area contributed by atoms with Crippen LogP contribution in [0.15, 0.2) is 99.6 Å². The van der Waals surface area contributed by atoms with Gasteiger partial charge in [-0.2, -0.15) is 22.0 Å². The van der Waals surface area contributed by atoms with E-state index >= 15 is 0 Å². The number of alkyl halides is 5. The lowest BCUT2D eigenvalue weighted by molar-refractivity contribution is -0.278. The average molecular weight is 661 g/mol. The molecule has 0 aromatic heterocycles. The van der Waals surface area contributed by atoms with E-state index in [1.54, 1.807) is 0 Å². The summed E-state index contributed by atoms with van der Waals surface area (Å²) in [5, 5.41) is -5.54. The predicted molar refractivity (Wildman–Crippen MR) is 160 cm³/mol. The molecule has 44 heavy (non-hydrogen) atoms. The molecule has 242 valence electrons. The second-order valence-corrected chi connectivity index (χ2v) is 14.5. The van der Waals surface area contributed by atoms with Gasteiger partial charge in [0.05, 0.1) is 17.0 Å². The van der Waals surface area contributed by atoms with Crippen molar-refractivity contribution in [3.05, 3.63) is 90.5 Å². The van der Waals surface area contributed by atoms with Gasteiger partial charge in [0.15, 0.2) is 24.8 Å². The van der Waals surface area contributed by atoms with E-state index in [0.717, 1.165) is 6.42 Å². The van der Waals surface area contributed by atoms with E-state index in [9.17, 15) is 34.9 Å². The molecule has 0 aliphatic heterocycles. The zero-order valence-corrected chi connectivity index (χ0v) is 26.4. The van der Waals surface area contributed by atoms with Gasteiger partial charge in [-0.3, -0.25) is 0 Å². The molecule has 1 aliphatic rings. The summed E-state index contributed by atoms with van der Waals surface area (Å²) < 4.78 is 98.8. The van der Waals surface area contributed by atoms with Gasteiger partial charge in [-0.05, 0) is 60.2 Å². The van der Waals surface area contributed by atoms with Crippen molar-refractivity contribution in [2.45, 2.75) is 96.6 Å². The van der Waals surface area contributed by atoms with Crippen LogP contribution in [-0.4, -0.2) is 43.4 Å². The van der Waals surface area contributed by atoms with Crippen molar-refractivity contribution in [2.24, 2.45) is 0 Å². The summed E-state index contributed by atoms with van der Waals surface area (Å²) in [5.41, 5.74) is 1.57. The molecule has 0 saturated heterocycles. The Balaban J connectivity index is 0.000000296. The number of rotatable bonds is 7. The molecular weight excluding hydrogens is 623 g/mol. The molecule has 0 amide bonds. The Morgan fingerprint density at radius 2 is 1.16 bits per heavy atom. The third-order valence-electron chi connectivity index (χ3n) is 6.73. The third-order valence-corrected chi connectivity index (χ3v) is 9.84. The largest absolute Gasteiger partial charge is 0.743 e. The van der Waals surface area contributed by atoms with Crippen LogP contribution in [0.25, 0.3) is 0 Å². The van der Waals surface area contributed by atoms with E-state index in [1.807, 2.05) is 6.79 Å². The van der Waals surface area contributed by atoms with Gasteiger partial charge in [0.1, 0.15) is 6.79 Å². The highest BCUT2D eigenvalue weighted by molar-refractivity contribution is 7.97. The minimum Gasteiger partial charge on any atom is -0.743 e. The van der Waals surface area contributed by atoms with Crippen LogP contribution in [-0.2, 0) is 36.0 Å². The second kappa shape index (κ2) is 16.0. The standard InChI is InChI=1S/C22H23S.C9H13F5O4S.CH2O/c1-22(2,3)18-14-16-21(17-15-18)23(19-10-6-4-7-11-19)20-12-8-5-9-13-20;10-8(11,12)7(9(13,14)19(15,16)17)18-6-4-2-1-3-5-6;1-2/h4-17H,1-3H3;6-7H,1-5H2,(H,15,16,17);1H2/q+1;;/p-1. The zero-order valence-electron chi connectivity index (χ0n) is 24.7. The van der Waals surface area contributed by atoms with Crippen LogP contribution >= 0.6 is 0 Å². The molecular formula is C32H37F5O5S2. The number of benzene rings is 3. The van der Waals surface area contributed by atoms with E-state index in [0.29, 0.717) is 12.8 Å². The van der Waals surface area contributed by atoms with Crippen molar-refractivity contribution in [2.75, 3.05) is 0 Å². The Morgan fingerprint density at radius 1 is 0.750 bits per heavy atom. The molecule has 4 rings (SSSR count). The minimum absolute atomic E-state index is 0.0497. The highest BCUT2D eigenvalue weighted by atomic mass is 32.2. The fourth-order valence-electron chi connectivity index (χ4n) is 4.48. The van der Waals surface area contributed by atoms with Gasteiger partial charge in [0.25, 0.3) is 0 Å². The van der Waals surface area contributed by atoms with Gasteiger partial charge in [0, 0.05) is 0 Å². The molecule has 1 fully saturated rings. The molecule has 1 unspecified atom stereocenters. The van der Waals surface area contributed by atoms with Gasteiger partial charge < -0.3 is 14.1 Å². The molecule has 12 heteroatoms. The van der Waals surface area contributed by atoms with E-state index in [4.69, 9.17) is 4.79 Å². The molecule has 0 N–H and O–H groups in total. The maximum absolute atomic E-state index is 13.1. The molecule has 1 aliphatic carbocycles. The van der Waals surface area contributed by atoms with Crippen LogP contribution < -0.4 is 0 Å². The summed E-state index contributed by atoms with van der Waals surface area (Å²) in [6.07, 6.45) is -8.68. The number of carbonyl (C=O) groups is 1. The quantitative estimate of drug-likeness (QED) is 0.145. The number of hydrogen-bond acceptors (Lipinski definition) is 5. The first-order valence-electron chi connectivity index (χ1n) is 13.8. The summed E-state index contributed by atoms with van der Waals surface area (Å²) in [4.78, 5) is 12.1. The topological polar surface area (TPSA) is 83.5 Å². The molecule has 1 saturated carbocycles. The van der Waals surface area contributed by atoms with Crippen molar-refractivity contribution < 1.29 is 44.5 Å². The van der Waals surface area contributed by atoms with Crippen molar-refractivity contribution in [1.29, 1.82) is 0 Å². The van der Waals surface area contributed by atoms with Gasteiger partial charge in [-0.15, -0.1) is 0 Å². The Hall–Kier alpha value is -2.80. The van der Waals surface area contributed by atoms with Gasteiger partial charge >= 0.3 is 11.4 Å². The Labute approximate surface area is 258 Å². The zero-order chi connectivity index (χ0) is 33.2. The monoisotopic (exact) mass is 660 g/mol. The summed E-state index contributed by atoms with van der Waals surface area (Å²) in [7, 11) is -6.51. The van der Waals surface area contributed by atoms with Crippen molar-refractivity contribution in [1.82, 2.24) is 0 Å². The average Bonchev–Trinajstić information content (AvgIpc) is 2.98. The highest BCUT2D eigenvalue weighted by Crippen LogP contribution is 2.40. The van der Waals surface area contributed by atoms with Crippen LogP contribution in [0.2, 0.25) is 0 Å². The van der Waals surface area contributed by atoms with Gasteiger partial charge in [-0.1, -0.05) is 88.6 Å². The first kappa shape index (κ1) is 37.4. The number of halogens is 5. The van der Waals surface area contributed by atoms with Crippen molar-refractivity contribution in [3.8, 4) is 0 Å². The molecule has 0 bridgehead atoms. The first-order valence-corrected chi connectivity index (χ1v) is 16.4. The molecule has 1 atom stereocenters. The fourth-order valence-corrected chi connectivity index (χ4v) is 7.02. The summed E-state index contributed by atoms with van der Waals surface area (Å²) in [5.74, 6) is 0. The number of hydrogen-bond donors (Lipinski definition) is 0. The van der Waals surface area contributed by atoms with Gasteiger partial charge in [-0.25, -0.2) is 8.42 Å². The summed E-state index contributed by atoms with van der Waals surface area (Å²) in [6.45, 7) is 8.78. The van der Waals surface area contributed by atoms with Crippen LogP contribution in [0.5, 0.6) is 0 Å². The van der Waals surface area contributed by atoms with E-state index in [1.165, 1.54) is 20.2 Å². The Bertz CT molecular complexity index is 1330. The highest BCUT2D eigenvalue weighted by Gasteiger charge is 2.61. The molecule has 3 aromatic rings. The Kier molecular flexibility index (Phi) is 13.6. The SMILES string of the molecule is C=O.CC(C)(C)c1ccc([S+](c2ccccc2)c2ccccc2)cc1.O=S(=O)([O-])C(F)(F)C(OC1CCCCC1)C(F)(F)F. The normalized spacial score (nSPS) is 15.4. The minimum atomic E-state index is -6.46. The first-order chi connectivity index (χ1) is 20.5. The van der Waals surface area contributed by atoms with Crippen LogP contribution in [0.1, 0.15) is 58.4 Å². The predicted octanol–water partition coefficient (Wildman–Crippen LogP) is 8.30. The molecule has 0 spiro atoms. The van der Waals surface area contributed by atoms with E-state index < -0.39 is 33.8 Å². The van der Waals surface area contributed by atoms with Gasteiger partial charge in [0.2, 0.25) is 6.10 Å². The smallest absolute Gasteiger partial charge is 0.421 e. The lowest BCUT2D eigenvalue weighted by Gasteiger charge is -2.34. The maximum Gasteiger partial charge on any atom is 0.421 e. The lowest BCUT2D eigenvalue weighted by Crippen LogP contribution is -2.52. The molecule has 0 radical (unpaired) electrons. The lowest BCUT2D eigenvalue weighted by atomic mass is 9.87. The second-order valence-electron chi connectivity index (χ2n) is 11.0. The maximum atomic E-state index is 13.1. The van der Waals surface area contributed by atoms with Crippen molar-refractivity contribution >= 4 is 27.8 Å². The third kappa shape index (κ3) is 10.4. The molecule has 0 heterocycles. The molecule has 3 aromatic carbocycles. The fraction of sp³-hybridized carbons (Fsp3) is 0.406. The van der Waals surface area contributed by atoms with Crippen LogP contribution in [0.4, 0.5) is 22.0 Å². The van der Waals surface area contributed by atoms with E-state index in [2.05, 4.69) is 110 Å².